The van der Waals surface area contributed by atoms with Crippen LogP contribution in [0.4, 0.5) is 4.79 Å². The van der Waals surface area contributed by atoms with Crippen LogP contribution in [0.3, 0.4) is 0 Å². The molecule has 3 rings (SSSR count). The molecule has 10 heteroatoms. The molecule has 1 aliphatic heterocycles. The minimum absolute atomic E-state index is 0.141. The standard InChI is InChI=1S/C23H32N6O4/c1-4-25-22(31)33-14-17-11-8-12-19-27-28-20(29(17)19)18(26-21(30)23(2,3)24)15-32-13-16-9-6-5-7-10-16/h5-10,12,17-18H,4,11,13-15,24H2,1-3H3,(H,25,31)(H,26,30)/t17?,18-/m1/s1. The van der Waals surface area contributed by atoms with Gasteiger partial charge in [-0.05, 0) is 38.8 Å². The molecule has 33 heavy (non-hydrogen) atoms. The Morgan fingerprint density at radius 3 is 2.73 bits per heavy atom. The first-order valence-electron chi connectivity index (χ1n) is 11.0. The van der Waals surface area contributed by atoms with Crippen molar-refractivity contribution in [1.29, 1.82) is 0 Å². The van der Waals surface area contributed by atoms with Crippen molar-refractivity contribution in [2.24, 2.45) is 5.73 Å². The highest BCUT2D eigenvalue weighted by molar-refractivity contribution is 5.85. The Balaban J connectivity index is 1.80. The van der Waals surface area contributed by atoms with E-state index in [0.717, 1.165) is 5.56 Å². The van der Waals surface area contributed by atoms with Gasteiger partial charge in [0.15, 0.2) is 11.6 Å². The molecule has 2 aromatic rings. The lowest BCUT2D eigenvalue weighted by molar-refractivity contribution is -0.126. The van der Waals surface area contributed by atoms with E-state index < -0.39 is 17.7 Å². The summed E-state index contributed by atoms with van der Waals surface area (Å²) in [6.07, 6.45) is 3.97. The molecule has 0 spiro atoms. The number of rotatable bonds is 10. The highest BCUT2D eigenvalue weighted by Crippen LogP contribution is 2.27. The Morgan fingerprint density at radius 2 is 2.03 bits per heavy atom. The van der Waals surface area contributed by atoms with E-state index in [4.69, 9.17) is 15.2 Å². The van der Waals surface area contributed by atoms with Gasteiger partial charge in [0, 0.05) is 6.54 Å². The van der Waals surface area contributed by atoms with Crippen LogP contribution in [-0.2, 0) is 20.9 Å². The zero-order valence-corrected chi connectivity index (χ0v) is 19.3. The average Bonchev–Trinajstić information content (AvgIpc) is 3.22. The van der Waals surface area contributed by atoms with Crippen molar-refractivity contribution >= 4 is 18.1 Å². The van der Waals surface area contributed by atoms with Gasteiger partial charge in [0.05, 0.1) is 24.8 Å². The molecule has 0 saturated heterocycles. The van der Waals surface area contributed by atoms with Crippen molar-refractivity contribution in [2.75, 3.05) is 19.8 Å². The van der Waals surface area contributed by atoms with E-state index >= 15 is 0 Å². The number of nitrogens with zero attached hydrogens (tertiary/aromatic N) is 3. The van der Waals surface area contributed by atoms with Crippen molar-refractivity contribution in [2.45, 2.75) is 51.4 Å². The maximum absolute atomic E-state index is 12.7. The molecule has 0 bridgehead atoms. The molecular weight excluding hydrogens is 424 g/mol. The number of aromatic nitrogens is 3. The third-order valence-electron chi connectivity index (χ3n) is 5.12. The number of nitrogens with two attached hydrogens (primary N) is 1. The summed E-state index contributed by atoms with van der Waals surface area (Å²) in [4.78, 5) is 24.5. The molecule has 0 fully saturated rings. The van der Waals surface area contributed by atoms with Crippen LogP contribution < -0.4 is 16.4 Å². The predicted octanol–water partition coefficient (Wildman–Crippen LogP) is 2.09. The van der Waals surface area contributed by atoms with Gasteiger partial charge in [-0.1, -0.05) is 36.4 Å². The highest BCUT2D eigenvalue weighted by atomic mass is 16.5. The lowest BCUT2D eigenvalue weighted by Gasteiger charge is -2.28. The molecule has 1 aromatic heterocycles. The fourth-order valence-electron chi connectivity index (χ4n) is 3.38. The monoisotopic (exact) mass is 456 g/mol. The molecule has 1 aromatic carbocycles. The Kier molecular flexibility index (Phi) is 8.18. The van der Waals surface area contributed by atoms with Crippen molar-refractivity contribution < 1.29 is 19.1 Å². The zero-order chi connectivity index (χ0) is 23.8. The van der Waals surface area contributed by atoms with Crippen LogP contribution >= 0.6 is 0 Å². The van der Waals surface area contributed by atoms with Crippen LogP contribution in [0.15, 0.2) is 36.4 Å². The summed E-state index contributed by atoms with van der Waals surface area (Å²) in [6.45, 7) is 6.26. The summed E-state index contributed by atoms with van der Waals surface area (Å²) in [5.74, 6) is 0.800. The van der Waals surface area contributed by atoms with Gasteiger partial charge in [-0.25, -0.2) is 4.79 Å². The molecule has 10 nitrogen and oxygen atoms in total. The number of alkyl carbamates (subject to hydrolysis) is 1. The van der Waals surface area contributed by atoms with Gasteiger partial charge >= 0.3 is 6.09 Å². The fraction of sp³-hybridized carbons (Fsp3) is 0.478. The fourth-order valence-corrected chi connectivity index (χ4v) is 3.38. The number of carbonyl (C=O) groups excluding carboxylic acids is 2. The van der Waals surface area contributed by atoms with Crippen LogP contribution in [0.2, 0.25) is 0 Å². The van der Waals surface area contributed by atoms with Crippen molar-refractivity contribution in [1.82, 2.24) is 25.4 Å². The van der Waals surface area contributed by atoms with Crippen LogP contribution in [-0.4, -0.2) is 52.1 Å². The highest BCUT2D eigenvalue weighted by Gasteiger charge is 2.31. The van der Waals surface area contributed by atoms with Crippen LogP contribution in [0, 0.1) is 0 Å². The first-order chi connectivity index (χ1) is 15.8. The second kappa shape index (κ2) is 11.1. The normalized spacial score (nSPS) is 16.1. The molecule has 178 valence electrons. The molecule has 0 saturated carbocycles. The summed E-state index contributed by atoms with van der Waals surface area (Å²) in [7, 11) is 0. The average molecular weight is 457 g/mol. The minimum Gasteiger partial charge on any atom is -0.447 e. The molecule has 2 atom stereocenters. The quantitative estimate of drug-likeness (QED) is 0.498. The molecule has 0 radical (unpaired) electrons. The molecule has 0 aliphatic carbocycles. The minimum atomic E-state index is -1.08. The second-order valence-electron chi connectivity index (χ2n) is 8.46. The number of nitrogens with one attached hydrogen (secondary N) is 2. The summed E-state index contributed by atoms with van der Waals surface area (Å²) < 4.78 is 13.2. The maximum atomic E-state index is 12.7. The van der Waals surface area contributed by atoms with Gasteiger partial charge in [0.25, 0.3) is 0 Å². The molecular formula is C23H32N6O4. The van der Waals surface area contributed by atoms with Crippen molar-refractivity contribution in [3.05, 3.63) is 53.6 Å². The largest absolute Gasteiger partial charge is 0.447 e. The van der Waals surface area contributed by atoms with Crippen molar-refractivity contribution in [3.63, 3.8) is 0 Å². The van der Waals surface area contributed by atoms with Crippen molar-refractivity contribution in [3.8, 4) is 0 Å². The summed E-state index contributed by atoms with van der Waals surface area (Å²) in [6, 6.07) is 8.95. The van der Waals surface area contributed by atoms with Crippen LogP contribution in [0.25, 0.3) is 6.08 Å². The van der Waals surface area contributed by atoms with E-state index in [1.165, 1.54) is 0 Å². The number of amides is 2. The number of hydrogen-bond acceptors (Lipinski definition) is 7. The second-order valence-corrected chi connectivity index (χ2v) is 8.46. The van der Waals surface area contributed by atoms with E-state index in [1.807, 2.05) is 54.0 Å². The summed E-state index contributed by atoms with van der Waals surface area (Å²) in [5.41, 5.74) is 5.94. The van der Waals surface area contributed by atoms with Crippen LogP contribution in [0.1, 0.15) is 56.5 Å². The third kappa shape index (κ3) is 6.62. The van der Waals surface area contributed by atoms with Gasteiger partial charge in [-0.2, -0.15) is 0 Å². The molecule has 2 amide bonds. The van der Waals surface area contributed by atoms with Gasteiger partial charge in [0.2, 0.25) is 5.91 Å². The van der Waals surface area contributed by atoms with Crippen LogP contribution in [0.5, 0.6) is 0 Å². The van der Waals surface area contributed by atoms with E-state index in [-0.39, 0.29) is 25.2 Å². The van der Waals surface area contributed by atoms with E-state index in [9.17, 15) is 9.59 Å². The molecule has 2 heterocycles. The summed E-state index contributed by atoms with van der Waals surface area (Å²) in [5, 5.41) is 14.2. The van der Waals surface area contributed by atoms with Gasteiger partial charge in [-0.15, -0.1) is 10.2 Å². The number of allylic oxidation sites excluding steroid dienone is 1. The Labute approximate surface area is 193 Å². The topological polar surface area (TPSA) is 133 Å². The summed E-state index contributed by atoms with van der Waals surface area (Å²) >= 11 is 0. The number of ether oxygens (including phenoxy) is 2. The van der Waals surface area contributed by atoms with E-state index in [2.05, 4.69) is 20.8 Å². The smallest absolute Gasteiger partial charge is 0.407 e. The van der Waals surface area contributed by atoms with E-state index in [0.29, 0.717) is 31.2 Å². The molecule has 1 aliphatic rings. The maximum Gasteiger partial charge on any atom is 0.407 e. The number of fused-ring (bicyclic) bond motifs is 1. The van der Waals surface area contributed by atoms with Gasteiger partial charge in [0.1, 0.15) is 12.6 Å². The molecule has 4 N–H and O–H groups in total. The number of hydrogen-bond donors (Lipinski definition) is 3. The van der Waals surface area contributed by atoms with Gasteiger partial charge < -0.3 is 30.4 Å². The third-order valence-corrected chi connectivity index (χ3v) is 5.12. The predicted molar refractivity (Wildman–Crippen MR) is 123 cm³/mol. The number of benzene rings is 1. The first kappa shape index (κ1) is 24.4. The van der Waals surface area contributed by atoms with E-state index in [1.54, 1.807) is 13.8 Å². The first-order valence-corrected chi connectivity index (χ1v) is 11.0. The number of carbonyl (C=O) groups is 2. The Bertz CT molecular complexity index is 967. The SMILES string of the molecule is CCNC(=O)OCC1CC=Cc2nnc([C@@H](COCc3ccccc3)NC(=O)C(C)(C)N)n21. The lowest BCUT2D eigenvalue weighted by Crippen LogP contribution is -2.51. The Hall–Kier alpha value is -3.24. The van der Waals surface area contributed by atoms with Gasteiger partial charge in [-0.3, -0.25) is 4.79 Å². The lowest BCUT2D eigenvalue weighted by atomic mass is 10.1. The zero-order valence-electron chi connectivity index (χ0n) is 19.3. The Morgan fingerprint density at radius 1 is 1.27 bits per heavy atom. The molecule has 1 unspecified atom stereocenters.